The lowest BCUT2D eigenvalue weighted by atomic mass is 9.78. The second kappa shape index (κ2) is 8.53. The molecule has 3 aromatic rings. The summed E-state index contributed by atoms with van der Waals surface area (Å²) in [6.45, 7) is 3.59. The second-order valence-corrected chi connectivity index (χ2v) is 9.25. The van der Waals surface area contributed by atoms with Crippen LogP contribution in [0.15, 0.2) is 84.1 Å². The summed E-state index contributed by atoms with van der Waals surface area (Å²) in [5.74, 6) is 0.0141. The molecule has 1 N–H and O–H groups in total. The molecule has 166 valence electrons. The third-order valence-electron chi connectivity index (χ3n) is 6.56. The molecular weight excluding hydrogens is 432 g/mol. The SMILES string of the molecule is CC(=O)N1c2ccccc2NC2=C(C(=O)C[C@H](c3ccc(Cl)cc3)C2)[C@@H]1c1ccc(C)cc1. The van der Waals surface area contributed by atoms with Gasteiger partial charge in [0.2, 0.25) is 5.91 Å². The molecule has 0 aromatic heterocycles. The predicted molar refractivity (Wildman–Crippen MR) is 133 cm³/mol. The molecule has 2 atom stereocenters. The summed E-state index contributed by atoms with van der Waals surface area (Å²) in [7, 11) is 0. The van der Waals surface area contributed by atoms with E-state index in [2.05, 4.69) is 5.32 Å². The molecule has 1 amide bonds. The Balaban J connectivity index is 1.69. The number of benzene rings is 3. The van der Waals surface area contributed by atoms with E-state index >= 15 is 0 Å². The van der Waals surface area contributed by atoms with Crippen LogP contribution in [0.3, 0.4) is 0 Å². The number of amides is 1. The van der Waals surface area contributed by atoms with Crippen LogP contribution in [0.5, 0.6) is 0 Å². The summed E-state index contributed by atoms with van der Waals surface area (Å²) < 4.78 is 0. The van der Waals surface area contributed by atoms with E-state index in [1.165, 1.54) is 0 Å². The molecule has 0 radical (unpaired) electrons. The monoisotopic (exact) mass is 456 g/mol. The maximum atomic E-state index is 13.7. The summed E-state index contributed by atoms with van der Waals surface area (Å²) >= 11 is 6.09. The molecule has 5 rings (SSSR count). The summed E-state index contributed by atoms with van der Waals surface area (Å²) in [4.78, 5) is 28.5. The molecule has 1 aliphatic carbocycles. The number of nitrogens with one attached hydrogen (secondary N) is 1. The van der Waals surface area contributed by atoms with E-state index < -0.39 is 6.04 Å². The van der Waals surface area contributed by atoms with Crippen molar-refractivity contribution in [3.63, 3.8) is 0 Å². The molecule has 4 nitrogen and oxygen atoms in total. The lowest BCUT2D eigenvalue weighted by Gasteiger charge is -2.34. The van der Waals surface area contributed by atoms with E-state index in [4.69, 9.17) is 11.6 Å². The first-order valence-corrected chi connectivity index (χ1v) is 11.5. The highest BCUT2D eigenvalue weighted by molar-refractivity contribution is 6.30. The van der Waals surface area contributed by atoms with Crippen LogP contribution in [0.25, 0.3) is 0 Å². The highest BCUT2D eigenvalue weighted by Gasteiger charge is 2.40. The normalized spacial score (nSPS) is 20.0. The summed E-state index contributed by atoms with van der Waals surface area (Å²) in [6, 6.07) is 23.1. The molecule has 5 heteroatoms. The van der Waals surface area contributed by atoms with E-state index in [0.29, 0.717) is 23.4 Å². The standard InChI is InChI=1S/C28H25ClN2O2/c1-17-7-9-20(10-8-17)28-27-24(30-23-5-3-4-6-25(23)31(28)18(2)32)15-21(16-26(27)33)19-11-13-22(29)14-12-19/h3-14,21,28,30H,15-16H2,1-2H3/t21-,28+/m1/s1. The van der Waals surface area contributed by atoms with E-state index in [-0.39, 0.29) is 17.6 Å². The summed E-state index contributed by atoms with van der Waals surface area (Å²) in [6.07, 6.45) is 1.08. The number of para-hydroxylation sites is 2. The van der Waals surface area contributed by atoms with Gasteiger partial charge >= 0.3 is 0 Å². The zero-order valence-corrected chi connectivity index (χ0v) is 19.4. The van der Waals surface area contributed by atoms with Crippen molar-refractivity contribution in [3.8, 4) is 0 Å². The van der Waals surface area contributed by atoms with Crippen molar-refractivity contribution in [2.24, 2.45) is 0 Å². The fraction of sp³-hybridized carbons (Fsp3) is 0.214. The molecular formula is C28H25ClN2O2. The molecule has 0 spiro atoms. The van der Waals surface area contributed by atoms with Crippen LogP contribution in [0.1, 0.15) is 48.4 Å². The Labute approximate surface area is 198 Å². The average molecular weight is 457 g/mol. The Bertz CT molecular complexity index is 1260. The minimum Gasteiger partial charge on any atom is -0.357 e. The number of aryl methyl sites for hydroxylation is 1. The number of ketones is 1. The lowest BCUT2D eigenvalue weighted by molar-refractivity contribution is -0.117. The maximum Gasteiger partial charge on any atom is 0.224 e. The largest absolute Gasteiger partial charge is 0.357 e. The fourth-order valence-corrected chi connectivity index (χ4v) is 5.10. The zero-order valence-electron chi connectivity index (χ0n) is 18.6. The topological polar surface area (TPSA) is 49.4 Å². The van der Waals surface area contributed by atoms with Gasteiger partial charge in [-0.3, -0.25) is 14.5 Å². The number of fused-ring (bicyclic) bond motifs is 1. The minimum atomic E-state index is -0.479. The van der Waals surface area contributed by atoms with Gasteiger partial charge in [0.15, 0.2) is 5.78 Å². The average Bonchev–Trinajstić information content (AvgIpc) is 2.94. The zero-order chi connectivity index (χ0) is 23.1. The van der Waals surface area contributed by atoms with Crippen LogP contribution in [0.4, 0.5) is 11.4 Å². The van der Waals surface area contributed by atoms with Crippen LogP contribution >= 0.6 is 11.6 Å². The van der Waals surface area contributed by atoms with Crippen LogP contribution in [0, 0.1) is 6.92 Å². The van der Waals surface area contributed by atoms with Crippen LogP contribution in [0.2, 0.25) is 5.02 Å². The van der Waals surface area contributed by atoms with Gasteiger partial charge in [-0.05, 0) is 54.7 Å². The molecule has 2 aliphatic rings. The van der Waals surface area contributed by atoms with Crippen LogP contribution in [-0.2, 0) is 9.59 Å². The Kier molecular flexibility index (Phi) is 5.55. The first kappa shape index (κ1) is 21.5. The molecule has 0 bridgehead atoms. The van der Waals surface area contributed by atoms with Crippen molar-refractivity contribution >= 4 is 34.7 Å². The quantitative estimate of drug-likeness (QED) is 0.474. The van der Waals surface area contributed by atoms with Crippen LogP contribution < -0.4 is 10.2 Å². The van der Waals surface area contributed by atoms with Gasteiger partial charge in [0.05, 0.1) is 17.4 Å². The molecule has 1 heterocycles. The van der Waals surface area contributed by atoms with Gasteiger partial charge in [-0.1, -0.05) is 65.7 Å². The van der Waals surface area contributed by atoms with Gasteiger partial charge in [0, 0.05) is 29.6 Å². The van der Waals surface area contributed by atoms with Crippen molar-refractivity contribution in [1.29, 1.82) is 0 Å². The second-order valence-electron chi connectivity index (χ2n) is 8.82. The molecule has 0 unspecified atom stereocenters. The van der Waals surface area contributed by atoms with Gasteiger partial charge in [0.1, 0.15) is 0 Å². The fourth-order valence-electron chi connectivity index (χ4n) is 4.97. The molecule has 0 saturated carbocycles. The van der Waals surface area contributed by atoms with Gasteiger partial charge in [-0.2, -0.15) is 0 Å². The first-order chi connectivity index (χ1) is 15.9. The summed E-state index contributed by atoms with van der Waals surface area (Å²) in [5.41, 5.74) is 6.32. The van der Waals surface area contributed by atoms with Gasteiger partial charge in [-0.25, -0.2) is 0 Å². The number of nitrogens with zero attached hydrogens (tertiary/aromatic N) is 1. The number of hydrogen-bond acceptors (Lipinski definition) is 3. The third kappa shape index (κ3) is 3.96. The highest BCUT2D eigenvalue weighted by Crippen LogP contribution is 2.47. The smallest absolute Gasteiger partial charge is 0.224 e. The summed E-state index contributed by atoms with van der Waals surface area (Å²) in [5, 5.41) is 4.22. The Morgan fingerprint density at radius 1 is 0.939 bits per heavy atom. The number of halogens is 1. The third-order valence-corrected chi connectivity index (χ3v) is 6.81. The van der Waals surface area contributed by atoms with Crippen molar-refractivity contribution in [1.82, 2.24) is 0 Å². The lowest BCUT2D eigenvalue weighted by Crippen LogP contribution is -2.37. The predicted octanol–water partition coefficient (Wildman–Crippen LogP) is 6.57. The minimum absolute atomic E-state index is 0.0516. The van der Waals surface area contributed by atoms with Crippen LogP contribution in [-0.4, -0.2) is 11.7 Å². The Morgan fingerprint density at radius 2 is 1.61 bits per heavy atom. The Hall–Kier alpha value is -3.37. The maximum absolute atomic E-state index is 13.7. The molecule has 0 saturated heterocycles. The van der Waals surface area contributed by atoms with Gasteiger partial charge in [0.25, 0.3) is 0 Å². The highest BCUT2D eigenvalue weighted by atomic mass is 35.5. The van der Waals surface area contributed by atoms with E-state index in [1.807, 2.05) is 79.7 Å². The molecule has 3 aromatic carbocycles. The number of allylic oxidation sites excluding steroid dienone is 1. The van der Waals surface area contributed by atoms with Crippen molar-refractivity contribution in [2.45, 2.75) is 38.6 Å². The molecule has 1 aliphatic heterocycles. The number of carbonyl (C=O) groups is 2. The van der Waals surface area contributed by atoms with Gasteiger partial charge < -0.3 is 5.32 Å². The number of carbonyl (C=O) groups excluding carboxylic acids is 2. The number of rotatable bonds is 2. The van der Waals surface area contributed by atoms with Crippen molar-refractivity contribution in [3.05, 3.63) is 106 Å². The van der Waals surface area contributed by atoms with E-state index in [9.17, 15) is 9.59 Å². The number of Topliss-reactive ketones (excluding diaryl/α,β-unsaturated/α-hetero) is 1. The number of anilines is 2. The molecule has 0 fully saturated rings. The molecule has 33 heavy (non-hydrogen) atoms. The number of hydrogen-bond donors (Lipinski definition) is 1. The van der Waals surface area contributed by atoms with E-state index in [1.54, 1.807) is 11.8 Å². The van der Waals surface area contributed by atoms with Crippen molar-refractivity contribution < 1.29 is 9.59 Å². The first-order valence-electron chi connectivity index (χ1n) is 11.2. The van der Waals surface area contributed by atoms with Gasteiger partial charge in [-0.15, -0.1) is 0 Å². The Morgan fingerprint density at radius 3 is 2.30 bits per heavy atom. The van der Waals surface area contributed by atoms with E-state index in [0.717, 1.165) is 33.8 Å². The van der Waals surface area contributed by atoms with Crippen molar-refractivity contribution in [2.75, 3.05) is 10.2 Å².